The first-order chi connectivity index (χ1) is 20.8. The van der Waals surface area contributed by atoms with Gasteiger partial charge in [-0.05, 0) is 60.4 Å². The second-order valence-electron chi connectivity index (χ2n) is 10.4. The lowest BCUT2D eigenvalue weighted by molar-refractivity contribution is 0.0879. The highest BCUT2D eigenvalue weighted by molar-refractivity contribution is 7.90. The van der Waals surface area contributed by atoms with E-state index in [1.54, 1.807) is 24.7 Å². The SMILES string of the molecule is O=C(NC(CO)CO)c1ccc(S(=O)(=O)Cc2c(OC(Cn3ccnc3)c3ccccc3)ccc3c2CCCC3=O)cc1. The molecule has 1 aromatic heterocycles. The average Bonchev–Trinajstić information content (AvgIpc) is 3.54. The number of nitrogens with zero attached hydrogens (tertiary/aromatic N) is 2. The van der Waals surface area contributed by atoms with E-state index in [4.69, 9.17) is 4.74 Å². The minimum absolute atomic E-state index is 0.00799. The predicted molar refractivity (Wildman–Crippen MR) is 159 cm³/mol. The van der Waals surface area contributed by atoms with Crippen molar-refractivity contribution in [2.45, 2.75) is 48.6 Å². The number of aliphatic hydroxyl groups excluding tert-OH is 2. The summed E-state index contributed by atoms with van der Waals surface area (Å²) in [6, 6.07) is 17.7. The van der Waals surface area contributed by atoms with Crippen LogP contribution in [0.4, 0.5) is 0 Å². The van der Waals surface area contributed by atoms with Gasteiger partial charge < -0.3 is 24.8 Å². The Morgan fingerprint density at radius 1 is 1.00 bits per heavy atom. The van der Waals surface area contributed by atoms with Gasteiger partial charge in [0, 0.05) is 35.5 Å². The molecule has 1 unspecified atom stereocenters. The van der Waals surface area contributed by atoms with Crippen LogP contribution in [0.15, 0.2) is 90.3 Å². The first-order valence-corrected chi connectivity index (χ1v) is 15.6. The second-order valence-corrected chi connectivity index (χ2v) is 12.4. The van der Waals surface area contributed by atoms with Crippen LogP contribution in [-0.2, 0) is 28.6 Å². The third kappa shape index (κ3) is 7.02. The summed E-state index contributed by atoms with van der Waals surface area (Å²) in [5, 5.41) is 20.9. The summed E-state index contributed by atoms with van der Waals surface area (Å²) in [6.45, 7) is -0.434. The third-order valence-electron chi connectivity index (χ3n) is 7.48. The number of hydrogen-bond acceptors (Lipinski definition) is 8. The number of nitrogens with one attached hydrogen (secondary N) is 1. The Morgan fingerprint density at radius 3 is 2.42 bits per heavy atom. The number of benzene rings is 3. The van der Waals surface area contributed by atoms with Crippen LogP contribution in [0, 0.1) is 0 Å². The van der Waals surface area contributed by atoms with Crippen molar-refractivity contribution in [3.63, 3.8) is 0 Å². The largest absolute Gasteiger partial charge is 0.484 e. The summed E-state index contributed by atoms with van der Waals surface area (Å²) >= 11 is 0. The van der Waals surface area contributed by atoms with Crippen molar-refractivity contribution in [3.8, 4) is 5.75 Å². The summed E-state index contributed by atoms with van der Waals surface area (Å²) in [5.41, 5.74) is 2.73. The number of hydrogen-bond donors (Lipinski definition) is 3. The van der Waals surface area contributed by atoms with E-state index in [0.717, 1.165) is 5.56 Å². The van der Waals surface area contributed by atoms with Gasteiger partial charge in [0.15, 0.2) is 15.6 Å². The monoisotopic (exact) mass is 603 g/mol. The van der Waals surface area contributed by atoms with Gasteiger partial charge in [-0.3, -0.25) is 9.59 Å². The Labute approximate surface area is 249 Å². The predicted octanol–water partition coefficient (Wildman–Crippen LogP) is 3.28. The summed E-state index contributed by atoms with van der Waals surface area (Å²) in [5.74, 6) is -0.577. The summed E-state index contributed by atoms with van der Waals surface area (Å²) < 4.78 is 36.0. The lowest BCUT2D eigenvalue weighted by atomic mass is 9.87. The fourth-order valence-electron chi connectivity index (χ4n) is 5.17. The summed E-state index contributed by atoms with van der Waals surface area (Å²) in [7, 11) is -3.93. The topological polar surface area (TPSA) is 148 Å². The van der Waals surface area contributed by atoms with Crippen LogP contribution in [0.2, 0.25) is 0 Å². The zero-order chi connectivity index (χ0) is 30.4. The highest BCUT2D eigenvalue weighted by atomic mass is 32.2. The van der Waals surface area contributed by atoms with Crippen LogP contribution in [0.3, 0.4) is 0 Å². The number of imidazole rings is 1. The van der Waals surface area contributed by atoms with E-state index < -0.39 is 46.9 Å². The fourth-order valence-corrected chi connectivity index (χ4v) is 6.58. The van der Waals surface area contributed by atoms with Gasteiger partial charge in [-0.2, -0.15) is 0 Å². The van der Waals surface area contributed by atoms with E-state index in [9.17, 15) is 28.2 Å². The van der Waals surface area contributed by atoms with Gasteiger partial charge in [0.05, 0.1) is 42.8 Å². The molecule has 4 aromatic rings. The average molecular weight is 604 g/mol. The van der Waals surface area contributed by atoms with E-state index in [2.05, 4.69) is 10.3 Å². The van der Waals surface area contributed by atoms with Gasteiger partial charge in [0.25, 0.3) is 5.91 Å². The number of carbonyl (C=O) groups excluding carboxylic acids is 2. The first-order valence-electron chi connectivity index (χ1n) is 14.0. The van der Waals surface area contributed by atoms with Gasteiger partial charge in [0.1, 0.15) is 11.9 Å². The molecule has 3 N–H and O–H groups in total. The highest BCUT2D eigenvalue weighted by Gasteiger charge is 2.28. The van der Waals surface area contributed by atoms with Crippen molar-refractivity contribution in [2.75, 3.05) is 13.2 Å². The van der Waals surface area contributed by atoms with Crippen molar-refractivity contribution in [1.82, 2.24) is 14.9 Å². The molecule has 0 radical (unpaired) electrons. The molecule has 0 bridgehead atoms. The van der Waals surface area contributed by atoms with Crippen LogP contribution < -0.4 is 10.1 Å². The number of rotatable bonds is 12. The van der Waals surface area contributed by atoms with Gasteiger partial charge in [-0.1, -0.05) is 30.3 Å². The van der Waals surface area contributed by atoms with E-state index in [1.165, 1.54) is 24.3 Å². The molecular weight excluding hydrogens is 570 g/mol. The minimum atomic E-state index is -3.93. The molecule has 0 fully saturated rings. The van der Waals surface area contributed by atoms with Crippen molar-refractivity contribution >= 4 is 21.5 Å². The maximum Gasteiger partial charge on any atom is 0.251 e. The van der Waals surface area contributed by atoms with Gasteiger partial charge >= 0.3 is 0 Å². The zero-order valence-corrected chi connectivity index (χ0v) is 24.2. The smallest absolute Gasteiger partial charge is 0.251 e. The molecular formula is C32H33N3O7S. The van der Waals surface area contributed by atoms with Crippen LogP contribution in [-0.4, -0.2) is 59.1 Å². The normalized spacial score (nSPS) is 13.9. The van der Waals surface area contributed by atoms with Crippen molar-refractivity contribution in [3.05, 3.63) is 113 Å². The van der Waals surface area contributed by atoms with E-state index >= 15 is 0 Å². The second kappa shape index (κ2) is 13.3. The Bertz CT molecular complexity index is 1670. The van der Waals surface area contributed by atoms with Crippen molar-refractivity contribution in [2.24, 2.45) is 0 Å². The fraction of sp³-hybridized carbons (Fsp3) is 0.281. The Hall–Kier alpha value is -4.32. The summed E-state index contributed by atoms with van der Waals surface area (Å²) in [6.07, 6.45) is 6.30. The zero-order valence-electron chi connectivity index (χ0n) is 23.4. The number of aromatic nitrogens is 2. The maximum atomic E-state index is 13.8. The minimum Gasteiger partial charge on any atom is -0.484 e. The molecule has 10 nitrogen and oxygen atoms in total. The van der Waals surface area contributed by atoms with Crippen molar-refractivity contribution < 1.29 is 33.0 Å². The highest BCUT2D eigenvalue weighted by Crippen LogP contribution is 2.36. The molecule has 1 aliphatic rings. The molecule has 224 valence electrons. The van der Waals surface area contributed by atoms with Crippen molar-refractivity contribution in [1.29, 1.82) is 0 Å². The van der Waals surface area contributed by atoms with E-state index in [-0.39, 0.29) is 16.2 Å². The Kier molecular flexibility index (Phi) is 9.34. The third-order valence-corrected chi connectivity index (χ3v) is 9.14. The lowest BCUT2D eigenvalue weighted by Gasteiger charge is -2.25. The molecule has 0 saturated heterocycles. The summed E-state index contributed by atoms with van der Waals surface area (Å²) in [4.78, 5) is 29.4. The van der Waals surface area contributed by atoms with E-state index in [1.807, 2.05) is 41.1 Å². The van der Waals surface area contributed by atoms with Crippen LogP contribution in [0.25, 0.3) is 0 Å². The number of aliphatic hydroxyl groups is 2. The molecule has 43 heavy (non-hydrogen) atoms. The number of carbonyl (C=O) groups is 2. The standard InChI is InChI=1S/C32H33N3O7S/c36-18-24(19-37)34-32(39)23-9-11-25(12-10-23)43(40,41)20-28-26-7-4-8-29(38)27(26)13-14-30(28)42-31(17-35-16-15-33-21-35)22-5-2-1-3-6-22/h1-3,5-6,9-16,21,24,31,36-37H,4,7-8,17-20H2,(H,34,39). The molecule has 0 spiro atoms. The van der Waals surface area contributed by atoms with Crippen LogP contribution in [0.1, 0.15) is 56.4 Å². The molecule has 5 rings (SSSR count). The molecule has 1 atom stereocenters. The molecule has 11 heteroatoms. The Balaban J connectivity index is 1.48. The number of Topliss-reactive ketones (excluding diaryl/α,β-unsaturated/α-hetero) is 1. The number of ether oxygens (including phenoxy) is 1. The molecule has 1 aliphatic carbocycles. The molecule has 1 amide bonds. The van der Waals surface area contributed by atoms with Crippen LogP contribution >= 0.6 is 0 Å². The quantitative estimate of drug-likeness (QED) is 0.224. The molecule has 3 aromatic carbocycles. The van der Waals surface area contributed by atoms with Gasteiger partial charge in [-0.15, -0.1) is 0 Å². The number of fused-ring (bicyclic) bond motifs is 1. The lowest BCUT2D eigenvalue weighted by Crippen LogP contribution is -2.40. The van der Waals surface area contributed by atoms with Crippen LogP contribution in [0.5, 0.6) is 5.75 Å². The number of amides is 1. The maximum absolute atomic E-state index is 13.8. The van der Waals surface area contributed by atoms with Gasteiger partial charge in [0.2, 0.25) is 0 Å². The Morgan fingerprint density at radius 2 is 1.74 bits per heavy atom. The first kappa shape index (κ1) is 30.1. The number of ketones is 1. The molecule has 1 heterocycles. The van der Waals surface area contributed by atoms with Gasteiger partial charge in [-0.25, -0.2) is 13.4 Å². The van der Waals surface area contributed by atoms with E-state index in [0.29, 0.717) is 48.2 Å². The number of sulfone groups is 1. The molecule has 0 aliphatic heterocycles. The molecule has 0 saturated carbocycles.